The van der Waals surface area contributed by atoms with E-state index in [1.165, 1.54) is 10.7 Å². The van der Waals surface area contributed by atoms with Crippen LogP contribution in [0.3, 0.4) is 0 Å². The third kappa shape index (κ3) is 7.88. The van der Waals surface area contributed by atoms with Crippen molar-refractivity contribution in [2.24, 2.45) is 0 Å². The van der Waals surface area contributed by atoms with Crippen LogP contribution in [0, 0.1) is 0 Å². The van der Waals surface area contributed by atoms with Gasteiger partial charge in [-0.05, 0) is 34.6 Å². The number of rotatable bonds is 10. The largest absolute Gasteiger partial charge is 0.488 e. The molecule has 4 nitrogen and oxygen atoms in total. The van der Waals surface area contributed by atoms with Gasteiger partial charge in [-0.15, -0.1) is 23.5 Å². The summed E-state index contributed by atoms with van der Waals surface area (Å²) < 4.78 is 27.3. The van der Waals surface area contributed by atoms with Crippen LogP contribution in [0.15, 0.2) is 101 Å². The van der Waals surface area contributed by atoms with Crippen LogP contribution in [-0.4, -0.2) is 36.4 Å². The molecule has 3 aromatic rings. The number of ether oxygens (including phenoxy) is 4. The topological polar surface area (TPSA) is 36.9 Å². The highest BCUT2D eigenvalue weighted by Gasteiger charge is 2.40. The summed E-state index contributed by atoms with van der Waals surface area (Å²) in [6.45, 7) is 2.02. The van der Waals surface area contributed by atoms with Gasteiger partial charge in [-0.1, -0.05) is 91.0 Å². The highest BCUT2D eigenvalue weighted by Crippen LogP contribution is 2.42. The molecule has 6 heteroatoms. The van der Waals surface area contributed by atoms with Gasteiger partial charge in [0.2, 0.25) is 0 Å². The van der Waals surface area contributed by atoms with E-state index in [9.17, 15) is 0 Å². The molecule has 0 amide bonds. The lowest BCUT2D eigenvalue weighted by atomic mass is 10.00. The van der Waals surface area contributed by atoms with Crippen molar-refractivity contribution in [1.82, 2.24) is 0 Å². The zero-order chi connectivity index (χ0) is 25.1. The van der Waals surface area contributed by atoms with Crippen molar-refractivity contribution in [3.63, 3.8) is 0 Å². The molecule has 3 atom stereocenters. The van der Waals surface area contributed by atoms with Crippen LogP contribution in [0.4, 0.5) is 0 Å². The van der Waals surface area contributed by atoms with E-state index >= 15 is 0 Å². The third-order valence-electron chi connectivity index (χ3n) is 6.38. The molecule has 37 heavy (non-hydrogen) atoms. The molecule has 0 saturated carbocycles. The minimum atomic E-state index is -0.257. The zero-order valence-corrected chi connectivity index (χ0v) is 22.6. The highest BCUT2D eigenvalue weighted by molar-refractivity contribution is 8.22. The summed E-state index contributed by atoms with van der Waals surface area (Å²) in [6.07, 6.45) is 1.30. The van der Waals surface area contributed by atoms with Crippen LogP contribution >= 0.6 is 23.5 Å². The molecular weight excluding hydrogens is 500 g/mol. The fourth-order valence-electron chi connectivity index (χ4n) is 4.47. The molecule has 2 saturated heterocycles. The molecular formula is C31H34O4S2. The van der Waals surface area contributed by atoms with E-state index in [4.69, 9.17) is 18.9 Å². The molecule has 0 bridgehead atoms. The second-order valence-corrected chi connectivity index (χ2v) is 11.7. The van der Waals surface area contributed by atoms with Gasteiger partial charge in [0.1, 0.15) is 11.9 Å². The smallest absolute Gasteiger partial charge is 0.150 e. The zero-order valence-electron chi connectivity index (χ0n) is 21.0. The normalized spacial score (nSPS) is 22.0. The quantitative estimate of drug-likeness (QED) is 0.274. The molecule has 194 valence electrons. The summed E-state index contributed by atoms with van der Waals surface area (Å²) in [4.78, 5) is 0. The number of hydrogen-bond acceptors (Lipinski definition) is 6. The molecule has 0 N–H and O–H groups in total. The molecule has 0 spiro atoms. The second kappa shape index (κ2) is 14.1. The minimum absolute atomic E-state index is 0.131. The monoisotopic (exact) mass is 534 g/mol. The molecule has 5 rings (SSSR count). The third-order valence-corrected chi connectivity index (χ3v) is 9.05. The summed E-state index contributed by atoms with van der Waals surface area (Å²) in [5, 5.41) is 0. The van der Waals surface area contributed by atoms with Gasteiger partial charge in [-0.25, -0.2) is 0 Å². The molecule has 0 aliphatic carbocycles. The Morgan fingerprint density at radius 1 is 0.676 bits per heavy atom. The van der Waals surface area contributed by atoms with Crippen molar-refractivity contribution in [1.29, 1.82) is 0 Å². The average molecular weight is 535 g/mol. The molecule has 0 aromatic heterocycles. The number of hydrogen-bond donors (Lipinski definition) is 0. The molecule has 0 radical (unpaired) electrons. The first-order valence-electron chi connectivity index (χ1n) is 12.9. The van der Waals surface area contributed by atoms with Crippen molar-refractivity contribution in [3.05, 3.63) is 118 Å². The lowest BCUT2D eigenvalue weighted by molar-refractivity contribution is -0.178. The fraction of sp³-hybridized carbons (Fsp3) is 0.355. The summed E-state index contributed by atoms with van der Waals surface area (Å²) in [7, 11) is 0. The molecule has 2 aliphatic heterocycles. The lowest BCUT2D eigenvalue weighted by Gasteiger charge is -2.40. The van der Waals surface area contributed by atoms with Gasteiger partial charge in [0, 0.05) is 6.42 Å². The maximum Gasteiger partial charge on any atom is 0.150 e. The van der Waals surface area contributed by atoms with Crippen molar-refractivity contribution in [3.8, 4) is 0 Å². The van der Waals surface area contributed by atoms with Gasteiger partial charge < -0.3 is 18.9 Å². The van der Waals surface area contributed by atoms with Crippen molar-refractivity contribution >= 4 is 23.5 Å². The fourth-order valence-corrected chi connectivity index (χ4v) is 7.02. The van der Waals surface area contributed by atoms with Crippen LogP contribution < -0.4 is 0 Å². The van der Waals surface area contributed by atoms with E-state index in [0.29, 0.717) is 32.8 Å². The summed E-state index contributed by atoms with van der Waals surface area (Å²) in [5.74, 6) is 3.29. The van der Waals surface area contributed by atoms with Crippen molar-refractivity contribution in [2.45, 2.75) is 51.0 Å². The van der Waals surface area contributed by atoms with E-state index in [-0.39, 0.29) is 18.3 Å². The predicted octanol–water partition coefficient (Wildman–Crippen LogP) is 7.20. The standard InChI is InChI=1S/C31H34O4S2/c1-4-11-24(12-5-1)20-32-23-29-30(34-22-26-15-8-3-9-16-26)27(33-21-25-13-6-2-7-14-25)19-28(35-29)31-36-17-10-18-37-31/h1-9,11-16,27,29-30H,10,17-23H2/t27-,29-,30-/m1/s1. The minimum Gasteiger partial charge on any atom is -0.488 e. The predicted molar refractivity (Wildman–Crippen MR) is 152 cm³/mol. The van der Waals surface area contributed by atoms with Gasteiger partial charge in [-0.2, -0.15) is 0 Å². The number of benzene rings is 3. The van der Waals surface area contributed by atoms with Gasteiger partial charge >= 0.3 is 0 Å². The Bertz CT molecular complexity index is 1100. The SMILES string of the molecule is c1ccc(COC[C@H]2OC(=C3SCCCS3)C[C@@H](OCc3ccccc3)[C@H]2OCc2ccccc2)cc1. The van der Waals surface area contributed by atoms with Gasteiger partial charge in [0.15, 0.2) is 6.10 Å². The van der Waals surface area contributed by atoms with Gasteiger partial charge in [0.05, 0.1) is 36.8 Å². The molecule has 2 heterocycles. The lowest BCUT2D eigenvalue weighted by Crippen LogP contribution is -2.49. The van der Waals surface area contributed by atoms with Crippen LogP contribution in [0.25, 0.3) is 0 Å². The maximum atomic E-state index is 6.66. The highest BCUT2D eigenvalue weighted by atomic mass is 32.2. The Hall–Kier alpha value is -2.22. The maximum absolute atomic E-state index is 6.66. The molecule has 0 unspecified atom stereocenters. The van der Waals surface area contributed by atoms with E-state index in [1.54, 1.807) is 0 Å². The second-order valence-electron chi connectivity index (χ2n) is 9.22. The van der Waals surface area contributed by atoms with Crippen LogP contribution in [0.5, 0.6) is 0 Å². The Morgan fingerprint density at radius 2 is 1.22 bits per heavy atom. The van der Waals surface area contributed by atoms with Crippen LogP contribution in [-0.2, 0) is 38.8 Å². The Labute approximate surface area is 228 Å². The van der Waals surface area contributed by atoms with Crippen LogP contribution in [0.1, 0.15) is 29.5 Å². The first kappa shape index (κ1) is 26.4. The van der Waals surface area contributed by atoms with Crippen molar-refractivity contribution < 1.29 is 18.9 Å². The van der Waals surface area contributed by atoms with E-state index in [1.807, 2.05) is 66.0 Å². The summed E-state index contributed by atoms with van der Waals surface area (Å²) in [5.41, 5.74) is 3.44. The molecule has 3 aromatic carbocycles. The van der Waals surface area contributed by atoms with E-state index in [0.717, 1.165) is 34.0 Å². The van der Waals surface area contributed by atoms with Gasteiger partial charge in [0.25, 0.3) is 0 Å². The van der Waals surface area contributed by atoms with Crippen molar-refractivity contribution in [2.75, 3.05) is 18.1 Å². The molecule has 2 fully saturated rings. The van der Waals surface area contributed by atoms with E-state index < -0.39 is 0 Å². The first-order chi connectivity index (χ1) is 18.3. The Morgan fingerprint density at radius 3 is 1.81 bits per heavy atom. The summed E-state index contributed by atoms with van der Waals surface area (Å²) >= 11 is 3.80. The van der Waals surface area contributed by atoms with Gasteiger partial charge in [-0.3, -0.25) is 0 Å². The first-order valence-corrected chi connectivity index (χ1v) is 14.9. The van der Waals surface area contributed by atoms with E-state index in [2.05, 4.69) is 48.5 Å². The number of thioether (sulfide) groups is 2. The average Bonchev–Trinajstić information content (AvgIpc) is 2.97. The Kier molecular flexibility index (Phi) is 10.0. The molecule has 2 aliphatic rings. The Balaban J connectivity index is 1.35. The van der Waals surface area contributed by atoms with Crippen LogP contribution in [0.2, 0.25) is 0 Å². The summed E-state index contributed by atoms with van der Waals surface area (Å²) in [6, 6.07) is 30.9.